The standard InChI is InChI=1S/C15H12FN3O2/c16-10-2-3-11-12(6-10)19-15(18-11)17-7-9-1-4-13-14(5-9)21-8-20-13/h1-6H,7-8H2,(H2,17,18,19). The van der Waals surface area contributed by atoms with E-state index in [-0.39, 0.29) is 12.6 Å². The molecule has 0 amide bonds. The van der Waals surface area contributed by atoms with Crippen molar-refractivity contribution in [1.29, 1.82) is 0 Å². The Balaban J connectivity index is 1.52. The molecule has 2 heterocycles. The summed E-state index contributed by atoms with van der Waals surface area (Å²) in [6.07, 6.45) is 0. The van der Waals surface area contributed by atoms with E-state index >= 15 is 0 Å². The molecule has 6 heteroatoms. The molecule has 0 atom stereocenters. The highest BCUT2D eigenvalue weighted by atomic mass is 19.1. The van der Waals surface area contributed by atoms with Gasteiger partial charge >= 0.3 is 0 Å². The molecule has 106 valence electrons. The van der Waals surface area contributed by atoms with Gasteiger partial charge in [-0.2, -0.15) is 0 Å². The monoisotopic (exact) mass is 285 g/mol. The fourth-order valence-corrected chi connectivity index (χ4v) is 2.30. The normalized spacial score (nSPS) is 12.8. The fraction of sp³-hybridized carbons (Fsp3) is 0.133. The maximum Gasteiger partial charge on any atom is 0.231 e. The third-order valence-electron chi connectivity index (χ3n) is 3.34. The highest BCUT2D eigenvalue weighted by Crippen LogP contribution is 2.32. The largest absolute Gasteiger partial charge is 0.454 e. The van der Waals surface area contributed by atoms with Crippen LogP contribution in [0.25, 0.3) is 11.0 Å². The molecule has 0 radical (unpaired) electrons. The molecule has 0 bridgehead atoms. The van der Waals surface area contributed by atoms with Gasteiger partial charge in [0.05, 0.1) is 11.0 Å². The van der Waals surface area contributed by atoms with E-state index in [2.05, 4.69) is 15.3 Å². The molecular formula is C15H12FN3O2. The molecular weight excluding hydrogens is 273 g/mol. The van der Waals surface area contributed by atoms with Crippen LogP contribution >= 0.6 is 0 Å². The minimum absolute atomic E-state index is 0.265. The summed E-state index contributed by atoms with van der Waals surface area (Å²) in [7, 11) is 0. The molecule has 3 aromatic rings. The zero-order valence-corrected chi connectivity index (χ0v) is 11.0. The van der Waals surface area contributed by atoms with Crippen molar-refractivity contribution in [2.75, 3.05) is 12.1 Å². The second-order valence-electron chi connectivity index (χ2n) is 4.79. The molecule has 0 spiro atoms. The Kier molecular flexibility index (Phi) is 2.67. The number of H-pyrrole nitrogens is 1. The van der Waals surface area contributed by atoms with Gasteiger partial charge in [0.25, 0.3) is 0 Å². The van der Waals surface area contributed by atoms with E-state index in [0.29, 0.717) is 18.0 Å². The van der Waals surface area contributed by atoms with Crippen molar-refractivity contribution in [3.8, 4) is 11.5 Å². The minimum Gasteiger partial charge on any atom is -0.454 e. The van der Waals surface area contributed by atoms with Gasteiger partial charge in [0.2, 0.25) is 12.7 Å². The molecule has 1 aliphatic heterocycles. The van der Waals surface area contributed by atoms with Gasteiger partial charge in [0.1, 0.15) is 5.82 Å². The Bertz CT molecular complexity index is 816. The van der Waals surface area contributed by atoms with Crippen LogP contribution in [-0.4, -0.2) is 16.8 Å². The summed E-state index contributed by atoms with van der Waals surface area (Å²) >= 11 is 0. The Morgan fingerprint density at radius 1 is 1.14 bits per heavy atom. The first-order valence-corrected chi connectivity index (χ1v) is 6.55. The van der Waals surface area contributed by atoms with Gasteiger partial charge in [-0.05, 0) is 35.9 Å². The average Bonchev–Trinajstić information content (AvgIpc) is 3.09. The molecule has 1 aliphatic rings. The first kappa shape index (κ1) is 12.0. The van der Waals surface area contributed by atoms with E-state index in [1.807, 2.05) is 18.2 Å². The van der Waals surface area contributed by atoms with Crippen LogP contribution in [-0.2, 0) is 6.54 Å². The number of benzene rings is 2. The van der Waals surface area contributed by atoms with Crippen LogP contribution in [0.4, 0.5) is 10.3 Å². The molecule has 0 saturated carbocycles. The number of halogens is 1. The number of hydrogen-bond acceptors (Lipinski definition) is 4. The van der Waals surface area contributed by atoms with E-state index in [1.54, 1.807) is 6.07 Å². The van der Waals surface area contributed by atoms with E-state index < -0.39 is 0 Å². The first-order valence-electron chi connectivity index (χ1n) is 6.55. The number of nitrogens with one attached hydrogen (secondary N) is 2. The van der Waals surface area contributed by atoms with Gasteiger partial charge in [-0.3, -0.25) is 0 Å². The summed E-state index contributed by atoms with van der Waals surface area (Å²) in [6, 6.07) is 10.2. The fourth-order valence-electron chi connectivity index (χ4n) is 2.30. The summed E-state index contributed by atoms with van der Waals surface area (Å²) in [5.41, 5.74) is 2.44. The van der Waals surface area contributed by atoms with Crippen LogP contribution in [0.2, 0.25) is 0 Å². The van der Waals surface area contributed by atoms with Crippen molar-refractivity contribution in [3.63, 3.8) is 0 Å². The number of ether oxygens (including phenoxy) is 2. The number of hydrogen-bond donors (Lipinski definition) is 2. The van der Waals surface area contributed by atoms with Crippen molar-refractivity contribution < 1.29 is 13.9 Å². The SMILES string of the molecule is Fc1ccc2nc(NCc3ccc4c(c3)OCO4)[nH]c2c1. The van der Waals surface area contributed by atoms with Crippen LogP contribution in [0.1, 0.15) is 5.56 Å². The van der Waals surface area contributed by atoms with E-state index in [0.717, 1.165) is 22.6 Å². The first-order chi connectivity index (χ1) is 10.3. The second-order valence-corrected chi connectivity index (χ2v) is 4.79. The Labute approximate surface area is 119 Å². The molecule has 2 N–H and O–H groups in total. The summed E-state index contributed by atoms with van der Waals surface area (Å²) < 4.78 is 23.7. The third-order valence-corrected chi connectivity index (χ3v) is 3.34. The average molecular weight is 285 g/mol. The van der Waals surface area contributed by atoms with Gasteiger partial charge in [0, 0.05) is 6.54 Å². The van der Waals surface area contributed by atoms with Gasteiger partial charge in [0.15, 0.2) is 11.5 Å². The molecule has 4 rings (SSSR count). The Morgan fingerprint density at radius 3 is 3.00 bits per heavy atom. The van der Waals surface area contributed by atoms with Crippen LogP contribution in [0, 0.1) is 5.82 Å². The minimum atomic E-state index is -0.284. The van der Waals surface area contributed by atoms with Gasteiger partial charge in [-0.1, -0.05) is 6.07 Å². The van der Waals surface area contributed by atoms with Crippen molar-refractivity contribution in [1.82, 2.24) is 9.97 Å². The lowest BCUT2D eigenvalue weighted by atomic mass is 10.2. The number of fused-ring (bicyclic) bond motifs is 2. The highest BCUT2D eigenvalue weighted by molar-refractivity contribution is 5.77. The lowest BCUT2D eigenvalue weighted by Crippen LogP contribution is -2.00. The molecule has 0 aliphatic carbocycles. The van der Waals surface area contributed by atoms with Gasteiger partial charge < -0.3 is 19.8 Å². The molecule has 2 aromatic carbocycles. The third kappa shape index (κ3) is 2.24. The van der Waals surface area contributed by atoms with Crippen molar-refractivity contribution in [3.05, 3.63) is 47.8 Å². The Morgan fingerprint density at radius 2 is 2.05 bits per heavy atom. The van der Waals surface area contributed by atoms with Gasteiger partial charge in [-0.25, -0.2) is 9.37 Å². The number of aromatic nitrogens is 2. The Hall–Kier alpha value is -2.76. The van der Waals surface area contributed by atoms with E-state index in [1.165, 1.54) is 12.1 Å². The van der Waals surface area contributed by atoms with Crippen molar-refractivity contribution in [2.24, 2.45) is 0 Å². The summed E-state index contributed by atoms with van der Waals surface area (Å²) in [6.45, 7) is 0.848. The quantitative estimate of drug-likeness (QED) is 0.776. The molecule has 21 heavy (non-hydrogen) atoms. The zero-order valence-electron chi connectivity index (χ0n) is 11.0. The van der Waals surface area contributed by atoms with Crippen LogP contribution in [0.15, 0.2) is 36.4 Å². The zero-order chi connectivity index (χ0) is 14.2. The second kappa shape index (κ2) is 4.66. The lowest BCUT2D eigenvalue weighted by Gasteiger charge is -2.04. The predicted molar refractivity (Wildman–Crippen MR) is 75.9 cm³/mol. The molecule has 0 saturated heterocycles. The smallest absolute Gasteiger partial charge is 0.231 e. The maximum absolute atomic E-state index is 13.1. The van der Waals surface area contributed by atoms with E-state index in [4.69, 9.17) is 9.47 Å². The molecule has 0 unspecified atom stereocenters. The van der Waals surface area contributed by atoms with Crippen LogP contribution in [0.3, 0.4) is 0 Å². The van der Waals surface area contributed by atoms with Crippen LogP contribution < -0.4 is 14.8 Å². The maximum atomic E-state index is 13.1. The number of anilines is 1. The number of imidazole rings is 1. The number of aromatic amines is 1. The molecule has 5 nitrogen and oxygen atoms in total. The molecule has 0 fully saturated rings. The van der Waals surface area contributed by atoms with Crippen LogP contribution in [0.5, 0.6) is 11.5 Å². The summed E-state index contributed by atoms with van der Waals surface area (Å²) in [4.78, 5) is 7.39. The predicted octanol–water partition coefficient (Wildman–Crippen LogP) is 3.04. The summed E-state index contributed by atoms with van der Waals surface area (Å²) in [5, 5.41) is 3.18. The van der Waals surface area contributed by atoms with Crippen molar-refractivity contribution in [2.45, 2.75) is 6.54 Å². The highest BCUT2D eigenvalue weighted by Gasteiger charge is 2.13. The van der Waals surface area contributed by atoms with E-state index in [9.17, 15) is 4.39 Å². The summed E-state index contributed by atoms with van der Waals surface area (Å²) in [5.74, 6) is 1.83. The van der Waals surface area contributed by atoms with Gasteiger partial charge in [-0.15, -0.1) is 0 Å². The number of rotatable bonds is 3. The number of nitrogens with zero attached hydrogens (tertiary/aromatic N) is 1. The van der Waals surface area contributed by atoms with Crippen molar-refractivity contribution >= 4 is 17.0 Å². The molecule has 1 aromatic heterocycles. The lowest BCUT2D eigenvalue weighted by molar-refractivity contribution is 0.174. The topological polar surface area (TPSA) is 59.2 Å².